The average molecular weight is 411 g/mol. The summed E-state index contributed by atoms with van der Waals surface area (Å²) in [5, 5.41) is 3.78. The van der Waals surface area contributed by atoms with Gasteiger partial charge in [0.05, 0.1) is 6.26 Å². The molecule has 0 atom stereocenters. The van der Waals surface area contributed by atoms with E-state index in [0.717, 1.165) is 34.1 Å². The highest BCUT2D eigenvalue weighted by molar-refractivity contribution is 6.13. The molecular weight excluding hydrogens is 390 g/mol. The largest absolute Gasteiger partial charge is 0.459 e. The van der Waals surface area contributed by atoms with E-state index in [4.69, 9.17) is 4.42 Å². The van der Waals surface area contributed by atoms with E-state index in [-0.39, 0.29) is 17.4 Å². The molecule has 0 bridgehead atoms. The van der Waals surface area contributed by atoms with Crippen LogP contribution in [0.15, 0.2) is 83.2 Å². The van der Waals surface area contributed by atoms with Crippen LogP contribution < -0.4 is 10.2 Å². The van der Waals surface area contributed by atoms with Gasteiger partial charge in [-0.25, -0.2) is 0 Å². The quantitative estimate of drug-likeness (QED) is 0.514. The minimum Gasteiger partial charge on any atom is -0.459 e. The molecule has 0 saturated carbocycles. The third-order valence-corrected chi connectivity index (χ3v) is 5.58. The molecule has 2 aromatic heterocycles. The fourth-order valence-corrected chi connectivity index (χ4v) is 4.08. The fraction of sp³-hybridized carbons (Fsp3) is 0.120. The minimum absolute atomic E-state index is 0.151. The predicted octanol–water partition coefficient (Wildman–Crippen LogP) is 4.13. The first-order valence-corrected chi connectivity index (χ1v) is 10.1. The molecule has 6 heteroatoms. The van der Waals surface area contributed by atoms with E-state index in [1.165, 1.54) is 6.26 Å². The number of para-hydroxylation sites is 2. The number of hydrogen-bond acceptors (Lipinski definition) is 3. The van der Waals surface area contributed by atoms with Gasteiger partial charge in [-0.1, -0.05) is 36.4 Å². The summed E-state index contributed by atoms with van der Waals surface area (Å²) >= 11 is 0. The number of fused-ring (bicyclic) bond motifs is 2. The molecule has 0 saturated heterocycles. The summed E-state index contributed by atoms with van der Waals surface area (Å²) in [4.78, 5) is 28.0. The predicted molar refractivity (Wildman–Crippen MR) is 120 cm³/mol. The molecule has 0 aliphatic carbocycles. The number of furan rings is 1. The van der Waals surface area contributed by atoms with Crippen LogP contribution in [0.25, 0.3) is 17.0 Å². The van der Waals surface area contributed by atoms with Gasteiger partial charge < -0.3 is 19.2 Å². The molecule has 154 valence electrons. The number of nitrogens with one attached hydrogen (secondary N) is 1. The van der Waals surface area contributed by atoms with Crippen molar-refractivity contribution in [2.45, 2.75) is 6.42 Å². The van der Waals surface area contributed by atoms with E-state index in [1.54, 1.807) is 23.1 Å². The Balaban J connectivity index is 1.57. The maximum absolute atomic E-state index is 13.6. The number of benzene rings is 2. The number of hydrogen-bond donors (Lipinski definition) is 1. The van der Waals surface area contributed by atoms with Crippen molar-refractivity contribution in [3.63, 3.8) is 0 Å². The van der Waals surface area contributed by atoms with E-state index >= 15 is 0 Å². The molecule has 0 spiro atoms. The van der Waals surface area contributed by atoms with Crippen molar-refractivity contribution in [2.24, 2.45) is 7.05 Å². The van der Waals surface area contributed by atoms with Gasteiger partial charge >= 0.3 is 0 Å². The summed E-state index contributed by atoms with van der Waals surface area (Å²) in [5.74, 6) is -0.562. The van der Waals surface area contributed by atoms with Crippen LogP contribution in [-0.4, -0.2) is 22.9 Å². The lowest BCUT2D eigenvalue weighted by Crippen LogP contribution is -2.37. The zero-order valence-electron chi connectivity index (χ0n) is 17.0. The van der Waals surface area contributed by atoms with E-state index in [1.807, 2.05) is 66.3 Å². The molecule has 0 radical (unpaired) electrons. The van der Waals surface area contributed by atoms with Crippen molar-refractivity contribution < 1.29 is 14.0 Å². The number of amides is 2. The SMILES string of the molecule is Cn1cc(/C=C(\NC(=O)c2ccco2)C(=O)N2CCc3ccccc32)c2ccccc21. The third kappa shape index (κ3) is 3.42. The van der Waals surface area contributed by atoms with Crippen molar-refractivity contribution in [3.05, 3.63) is 95.7 Å². The van der Waals surface area contributed by atoms with Gasteiger partial charge in [-0.2, -0.15) is 0 Å². The standard InChI is InChI=1S/C25H21N3O3/c1-27-16-18(19-8-3-5-10-22(19)27)15-20(26-24(29)23-11-6-14-31-23)25(30)28-13-12-17-7-2-4-9-21(17)28/h2-11,14-16H,12-13H2,1H3,(H,26,29)/b20-15-. The number of rotatable bonds is 4. The van der Waals surface area contributed by atoms with Gasteiger partial charge in [-0.15, -0.1) is 0 Å². The Morgan fingerprint density at radius 3 is 2.68 bits per heavy atom. The Kier molecular flexibility index (Phi) is 4.67. The van der Waals surface area contributed by atoms with Crippen LogP contribution in [0.3, 0.4) is 0 Å². The van der Waals surface area contributed by atoms with Crippen molar-refractivity contribution in [1.82, 2.24) is 9.88 Å². The highest BCUT2D eigenvalue weighted by Crippen LogP contribution is 2.29. The normalized spacial score (nSPS) is 13.5. The van der Waals surface area contributed by atoms with Crippen LogP contribution in [-0.2, 0) is 18.3 Å². The topological polar surface area (TPSA) is 67.5 Å². The summed E-state index contributed by atoms with van der Waals surface area (Å²) in [6.07, 6.45) is 5.92. The first-order chi connectivity index (χ1) is 15.1. The van der Waals surface area contributed by atoms with Crippen LogP contribution in [0.5, 0.6) is 0 Å². The lowest BCUT2D eigenvalue weighted by Gasteiger charge is -2.19. The second-order valence-corrected chi connectivity index (χ2v) is 7.54. The van der Waals surface area contributed by atoms with E-state index in [0.29, 0.717) is 6.54 Å². The summed E-state index contributed by atoms with van der Waals surface area (Å²) in [6, 6.07) is 19.0. The Bertz CT molecular complexity index is 1320. The lowest BCUT2D eigenvalue weighted by atomic mass is 10.1. The Labute approximate surface area is 179 Å². The molecule has 1 N–H and O–H groups in total. The third-order valence-electron chi connectivity index (χ3n) is 5.58. The lowest BCUT2D eigenvalue weighted by molar-refractivity contribution is -0.115. The molecule has 6 nitrogen and oxygen atoms in total. The van der Waals surface area contributed by atoms with Crippen molar-refractivity contribution in [3.8, 4) is 0 Å². The molecule has 5 rings (SSSR count). The molecule has 31 heavy (non-hydrogen) atoms. The fourth-order valence-electron chi connectivity index (χ4n) is 4.08. The van der Waals surface area contributed by atoms with E-state index < -0.39 is 5.91 Å². The van der Waals surface area contributed by atoms with Gasteiger partial charge in [0.25, 0.3) is 11.8 Å². The molecular formula is C25H21N3O3. The molecule has 1 aliphatic rings. The molecule has 2 amide bonds. The van der Waals surface area contributed by atoms with Crippen LogP contribution in [0.4, 0.5) is 5.69 Å². The second kappa shape index (κ2) is 7.65. The number of anilines is 1. The summed E-state index contributed by atoms with van der Waals surface area (Å²) in [7, 11) is 1.96. The Hall–Kier alpha value is -4.06. The van der Waals surface area contributed by atoms with Crippen LogP contribution >= 0.6 is 0 Å². The van der Waals surface area contributed by atoms with Crippen LogP contribution in [0.2, 0.25) is 0 Å². The molecule has 1 aliphatic heterocycles. The smallest absolute Gasteiger partial charge is 0.291 e. The molecule has 2 aromatic carbocycles. The first kappa shape index (κ1) is 18.9. The summed E-state index contributed by atoms with van der Waals surface area (Å²) < 4.78 is 7.22. The number of carbonyl (C=O) groups is 2. The van der Waals surface area contributed by atoms with Crippen LogP contribution in [0, 0.1) is 0 Å². The Morgan fingerprint density at radius 1 is 1.03 bits per heavy atom. The maximum atomic E-state index is 13.6. The van der Waals surface area contributed by atoms with Crippen LogP contribution in [0.1, 0.15) is 21.7 Å². The molecule has 4 aromatic rings. The van der Waals surface area contributed by atoms with Gasteiger partial charge in [0.15, 0.2) is 5.76 Å². The highest BCUT2D eigenvalue weighted by Gasteiger charge is 2.28. The second-order valence-electron chi connectivity index (χ2n) is 7.54. The maximum Gasteiger partial charge on any atom is 0.291 e. The van der Waals surface area contributed by atoms with Crippen molar-refractivity contribution in [1.29, 1.82) is 0 Å². The summed E-state index contributed by atoms with van der Waals surface area (Å²) in [5.41, 5.74) is 4.11. The minimum atomic E-state index is -0.461. The number of aromatic nitrogens is 1. The monoisotopic (exact) mass is 411 g/mol. The van der Waals surface area contributed by atoms with Crippen molar-refractivity contribution >= 4 is 34.5 Å². The van der Waals surface area contributed by atoms with E-state index in [2.05, 4.69) is 5.32 Å². The molecule has 0 fully saturated rings. The molecule has 0 unspecified atom stereocenters. The highest BCUT2D eigenvalue weighted by atomic mass is 16.3. The van der Waals surface area contributed by atoms with Gasteiger partial charge in [0.2, 0.25) is 0 Å². The van der Waals surface area contributed by atoms with Gasteiger partial charge in [-0.3, -0.25) is 9.59 Å². The molecule has 3 heterocycles. The number of nitrogens with zero attached hydrogens (tertiary/aromatic N) is 2. The van der Waals surface area contributed by atoms with E-state index in [9.17, 15) is 9.59 Å². The average Bonchev–Trinajstić information content (AvgIpc) is 3.53. The zero-order valence-corrected chi connectivity index (χ0v) is 17.0. The number of aryl methyl sites for hydroxylation is 1. The zero-order chi connectivity index (χ0) is 21.4. The Morgan fingerprint density at radius 2 is 1.84 bits per heavy atom. The van der Waals surface area contributed by atoms with Gasteiger partial charge in [0.1, 0.15) is 5.70 Å². The van der Waals surface area contributed by atoms with Gasteiger partial charge in [0, 0.05) is 41.9 Å². The summed E-state index contributed by atoms with van der Waals surface area (Å²) in [6.45, 7) is 0.571. The first-order valence-electron chi connectivity index (χ1n) is 10.1. The number of carbonyl (C=O) groups excluding carboxylic acids is 2. The van der Waals surface area contributed by atoms with Crippen molar-refractivity contribution in [2.75, 3.05) is 11.4 Å². The van der Waals surface area contributed by atoms with Gasteiger partial charge in [-0.05, 0) is 42.3 Å².